The lowest BCUT2D eigenvalue weighted by atomic mass is 10.1. The predicted molar refractivity (Wildman–Crippen MR) is 52.8 cm³/mol. The Balaban J connectivity index is 3.00. The third-order valence-corrected chi connectivity index (χ3v) is 2.70. The maximum atomic E-state index is 12.3. The lowest BCUT2D eigenvalue weighted by Crippen LogP contribution is -2.14. The molecule has 0 amide bonds. The third kappa shape index (κ3) is 4.33. The Morgan fingerprint density at radius 2 is 1.88 bits per heavy atom. The Hall–Kier alpha value is -1.12. The first-order valence-electron chi connectivity index (χ1n) is 4.40. The fourth-order valence-corrected chi connectivity index (χ4v) is 1.81. The Labute approximate surface area is 95.4 Å². The first kappa shape index (κ1) is 13.9. The van der Waals surface area contributed by atoms with Gasteiger partial charge in [-0.2, -0.15) is 21.6 Å². The van der Waals surface area contributed by atoms with Crippen LogP contribution in [-0.4, -0.2) is 23.8 Å². The van der Waals surface area contributed by atoms with E-state index in [2.05, 4.69) is 0 Å². The van der Waals surface area contributed by atoms with Crippen LogP contribution in [0.1, 0.15) is 17.2 Å². The Morgan fingerprint density at radius 3 is 2.35 bits per heavy atom. The van der Waals surface area contributed by atoms with Crippen LogP contribution in [0.3, 0.4) is 0 Å². The lowest BCUT2D eigenvalue weighted by Gasteiger charge is -2.12. The van der Waals surface area contributed by atoms with Gasteiger partial charge in [0, 0.05) is 0 Å². The van der Waals surface area contributed by atoms with Crippen molar-refractivity contribution in [2.45, 2.75) is 12.3 Å². The number of aliphatic hydroxyl groups excluding tert-OH is 1. The fourth-order valence-electron chi connectivity index (χ4n) is 1.22. The average Bonchev–Trinajstić information content (AvgIpc) is 2.14. The summed E-state index contributed by atoms with van der Waals surface area (Å²) in [6, 6.07) is 3.62. The van der Waals surface area contributed by atoms with Crippen LogP contribution in [0.4, 0.5) is 13.2 Å². The summed E-state index contributed by atoms with van der Waals surface area (Å²) in [5.41, 5.74) is -1.22. The molecule has 0 heterocycles. The minimum Gasteiger partial charge on any atom is -0.387 e. The molecule has 2 N–H and O–H groups in total. The van der Waals surface area contributed by atoms with Crippen LogP contribution in [-0.2, 0) is 16.3 Å². The number of hydrogen-bond donors (Lipinski definition) is 2. The van der Waals surface area contributed by atoms with Gasteiger partial charge < -0.3 is 5.11 Å². The number of hydrogen-bond acceptors (Lipinski definition) is 3. The topological polar surface area (TPSA) is 74.6 Å². The van der Waals surface area contributed by atoms with Crippen LogP contribution in [0.25, 0.3) is 0 Å². The molecule has 1 aromatic rings. The third-order valence-electron chi connectivity index (χ3n) is 1.97. The van der Waals surface area contributed by atoms with Gasteiger partial charge in [-0.3, -0.25) is 4.55 Å². The van der Waals surface area contributed by atoms with Crippen molar-refractivity contribution in [2.24, 2.45) is 0 Å². The summed E-state index contributed by atoms with van der Waals surface area (Å²) in [6.45, 7) is 0. The molecule has 0 saturated carbocycles. The van der Waals surface area contributed by atoms with Gasteiger partial charge >= 0.3 is 6.18 Å². The van der Waals surface area contributed by atoms with Crippen molar-refractivity contribution < 1.29 is 31.2 Å². The highest BCUT2D eigenvalue weighted by atomic mass is 32.2. The zero-order chi connectivity index (χ0) is 13.3. The first-order chi connectivity index (χ1) is 7.59. The quantitative estimate of drug-likeness (QED) is 0.818. The molecule has 0 saturated heterocycles. The normalized spacial score (nSPS) is 14.6. The predicted octanol–water partition coefficient (Wildman–Crippen LogP) is 1.63. The number of benzene rings is 1. The van der Waals surface area contributed by atoms with Gasteiger partial charge in [-0.1, -0.05) is 12.1 Å². The molecular weight excluding hydrogens is 261 g/mol. The van der Waals surface area contributed by atoms with Gasteiger partial charge in [0.05, 0.1) is 11.7 Å². The van der Waals surface area contributed by atoms with E-state index in [1.54, 1.807) is 0 Å². The van der Waals surface area contributed by atoms with E-state index < -0.39 is 33.7 Å². The number of alkyl halides is 3. The highest BCUT2D eigenvalue weighted by molar-refractivity contribution is 7.85. The molecular formula is C9H9F3O4S. The van der Waals surface area contributed by atoms with Crippen molar-refractivity contribution in [3.8, 4) is 0 Å². The summed E-state index contributed by atoms with van der Waals surface area (Å²) in [6.07, 6.45) is -6.28. The zero-order valence-electron chi connectivity index (χ0n) is 8.35. The molecule has 1 rings (SSSR count). The second kappa shape index (κ2) is 4.63. The molecule has 4 nitrogen and oxygen atoms in total. The average molecular weight is 270 g/mol. The second-order valence-electron chi connectivity index (χ2n) is 3.39. The van der Waals surface area contributed by atoms with Gasteiger partial charge in [-0.25, -0.2) is 0 Å². The van der Waals surface area contributed by atoms with Crippen molar-refractivity contribution in [3.63, 3.8) is 0 Å². The minimum atomic E-state index is -4.58. The van der Waals surface area contributed by atoms with Crippen molar-refractivity contribution in [2.75, 3.05) is 5.75 Å². The van der Waals surface area contributed by atoms with Crippen LogP contribution in [0.15, 0.2) is 24.3 Å². The van der Waals surface area contributed by atoms with Crippen molar-refractivity contribution in [1.82, 2.24) is 0 Å². The molecule has 1 aromatic carbocycles. The largest absolute Gasteiger partial charge is 0.416 e. The second-order valence-corrected chi connectivity index (χ2v) is 4.88. The standard InChI is InChI=1S/C9H9F3O4S/c10-9(11,12)7-3-1-2-6(4-7)8(13)5-17(14,15)16/h1-4,8,13H,5H2,(H,14,15,16). The highest BCUT2D eigenvalue weighted by Crippen LogP contribution is 2.30. The number of halogens is 3. The van der Waals surface area contributed by atoms with Crippen LogP contribution >= 0.6 is 0 Å². The van der Waals surface area contributed by atoms with E-state index in [0.717, 1.165) is 18.2 Å². The van der Waals surface area contributed by atoms with Gasteiger partial charge in [-0.15, -0.1) is 0 Å². The SMILES string of the molecule is O=S(=O)(O)CC(O)c1cccc(C(F)(F)F)c1. The molecule has 96 valence electrons. The molecule has 0 fully saturated rings. The molecule has 0 radical (unpaired) electrons. The Morgan fingerprint density at radius 1 is 1.29 bits per heavy atom. The summed E-state index contributed by atoms with van der Waals surface area (Å²) in [4.78, 5) is 0. The number of rotatable bonds is 3. The minimum absolute atomic E-state index is 0.225. The molecule has 1 atom stereocenters. The van der Waals surface area contributed by atoms with Gasteiger partial charge in [-0.05, 0) is 17.7 Å². The van der Waals surface area contributed by atoms with Crippen LogP contribution < -0.4 is 0 Å². The fraction of sp³-hybridized carbons (Fsp3) is 0.333. The van der Waals surface area contributed by atoms with Crippen LogP contribution in [0.5, 0.6) is 0 Å². The smallest absolute Gasteiger partial charge is 0.387 e. The van der Waals surface area contributed by atoms with E-state index in [4.69, 9.17) is 4.55 Å². The van der Waals surface area contributed by atoms with E-state index in [0.29, 0.717) is 6.07 Å². The van der Waals surface area contributed by atoms with Gasteiger partial charge in [0.25, 0.3) is 10.1 Å². The van der Waals surface area contributed by atoms with E-state index >= 15 is 0 Å². The molecule has 0 aliphatic carbocycles. The molecule has 8 heteroatoms. The highest BCUT2D eigenvalue weighted by Gasteiger charge is 2.31. The van der Waals surface area contributed by atoms with E-state index in [1.807, 2.05) is 0 Å². The van der Waals surface area contributed by atoms with Gasteiger partial charge in [0.2, 0.25) is 0 Å². The van der Waals surface area contributed by atoms with E-state index in [1.165, 1.54) is 0 Å². The molecule has 0 aliphatic heterocycles. The van der Waals surface area contributed by atoms with Crippen LogP contribution in [0, 0.1) is 0 Å². The van der Waals surface area contributed by atoms with Gasteiger partial charge in [0.1, 0.15) is 5.75 Å². The molecule has 1 unspecified atom stereocenters. The number of aliphatic hydroxyl groups is 1. The molecule has 0 bridgehead atoms. The molecule has 0 aromatic heterocycles. The zero-order valence-corrected chi connectivity index (χ0v) is 9.16. The van der Waals surface area contributed by atoms with Crippen molar-refractivity contribution in [1.29, 1.82) is 0 Å². The summed E-state index contributed by atoms with van der Waals surface area (Å²) in [7, 11) is -4.45. The Bertz CT molecular complexity index is 495. The summed E-state index contributed by atoms with van der Waals surface area (Å²) < 4.78 is 66.4. The van der Waals surface area contributed by atoms with Crippen LogP contribution in [0.2, 0.25) is 0 Å². The first-order valence-corrected chi connectivity index (χ1v) is 6.01. The van der Waals surface area contributed by atoms with Gasteiger partial charge in [0.15, 0.2) is 0 Å². The summed E-state index contributed by atoms with van der Waals surface area (Å²) in [5, 5.41) is 9.34. The lowest BCUT2D eigenvalue weighted by molar-refractivity contribution is -0.137. The van der Waals surface area contributed by atoms with E-state index in [9.17, 15) is 26.7 Å². The molecule has 0 spiro atoms. The van der Waals surface area contributed by atoms with E-state index in [-0.39, 0.29) is 5.56 Å². The molecule has 17 heavy (non-hydrogen) atoms. The molecule has 0 aliphatic rings. The van der Waals surface area contributed by atoms with Crippen molar-refractivity contribution >= 4 is 10.1 Å². The maximum Gasteiger partial charge on any atom is 0.416 e. The summed E-state index contributed by atoms with van der Waals surface area (Å²) >= 11 is 0. The summed E-state index contributed by atoms with van der Waals surface area (Å²) in [5.74, 6) is -1.05. The monoisotopic (exact) mass is 270 g/mol. The maximum absolute atomic E-state index is 12.3. The van der Waals surface area contributed by atoms with Crippen molar-refractivity contribution in [3.05, 3.63) is 35.4 Å². The Kier molecular flexibility index (Phi) is 3.80.